The van der Waals surface area contributed by atoms with Gasteiger partial charge >= 0.3 is 0 Å². The summed E-state index contributed by atoms with van der Waals surface area (Å²) in [5.41, 5.74) is 1.17. The molecule has 0 amide bonds. The fraction of sp³-hybridized carbons (Fsp3) is 0.625. The molecule has 0 N–H and O–H groups in total. The molecule has 0 spiro atoms. The fourth-order valence-electron chi connectivity index (χ4n) is 3.46. The first-order chi connectivity index (χ1) is 9.33. The van der Waals surface area contributed by atoms with Crippen molar-refractivity contribution >= 4 is 5.69 Å². The molecule has 2 saturated heterocycles. The van der Waals surface area contributed by atoms with Crippen LogP contribution in [-0.4, -0.2) is 37.1 Å². The zero-order valence-corrected chi connectivity index (χ0v) is 11.5. The number of rotatable bonds is 2. The van der Waals surface area contributed by atoms with Crippen molar-refractivity contribution < 1.29 is 4.39 Å². The summed E-state index contributed by atoms with van der Waals surface area (Å²) >= 11 is 0. The predicted octanol–water partition coefficient (Wildman–Crippen LogP) is 3.28. The van der Waals surface area contributed by atoms with Crippen LogP contribution in [0.25, 0.3) is 0 Å². The van der Waals surface area contributed by atoms with Crippen LogP contribution in [0.15, 0.2) is 24.3 Å². The van der Waals surface area contributed by atoms with Gasteiger partial charge in [0.15, 0.2) is 0 Å². The van der Waals surface area contributed by atoms with E-state index in [2.05, 4.69) is 9.80 Å². The Hall–Kier alpha value is -1.09. The molecule has 2 aliphatic rings. The van der Waals surface area contributed by atoms with Crippen LogP contribution in [0.4, 0.5) is 10.1 Å². The highest BCUT2D eigenvalue weighted by atomic mass is 19.1. The maximum absolute atomic E-state index is 13.0. The van der Waals surface area contributed by atoms with Gasteiger partial charge in [0.2, 0.25) is 0 Å². The van der Waals surface area contributed by atoms with Crippen molar-refractivity contribution in [3.63, 3.8) is 0 Å². The third kappa shape index (κ3) is 3.08. The largest absolute Gasteiger partial charge is 0.371 e. The van der Waals surface area contributed by atoms with Gasteiger partial charge in [0.25, 0.3) is 0 Å². The molecule has 104 valence electrons. The Labute approximate surface area is 115 Å². The van der Waals surface area contributed by atoms with Gasteiger partial charge in [-0.25, -0.2) is 4.39 Å². The first-order valence-electron chi connectivity index (χ1n) is 7.57. The number of anilines is 1. The van der Waals surface area contributed by atoms with Gasteiger partial charge in [-0.05, 0) is 69.5 Å². The third-order valence-electron chi connectivity index (χ3n) is 4.55. The number of hydrogen-bond donors (Lipinski definition) is 0. The van der Waals surface area contributed by atoms with E-state index in [4.69, 9.17) is 0 Å². The van der Waals surface area contributed by atoms with Crippen LogP contribution in [0.1, 0.15) is 32.1 Å². The molecule has 0 bridgehead atoms. The zero-order valence-electron chi connectivity index (χ0n) is 11.5. The molecule has 3 heteroatoms. The van der Waals surface area contributed by atoms with E-state index in [9.17, 15) is 4.39 Å². The Morgan fingerprint density at radius 2 is 1.58 bits per heavy atom. The standard InChI is InChI=1S/C16H23FN2/c17-14-5-7-16(8-6-14)19-12-3-4-15(9-13-19)18-10-1-2-11-18/h5-8,15H,1-4,9-13H2. The van der Waals surface area contributed by atoms with Crippen LogP contribution >= 0.6 is 0 Å². The molecular weight excluding hydrogens is 239 g/mol. The van der Waals surface area contributed by atoms with Gasteiger partial charge in [-0.2, -0.15) is 0 Å². The number of likely N-dealkylation sites (tertiary alicyclic amines) is 1. The normalized spacial score (nSPS) is 25.5. The molecular formula is C16H23FN2. The van der Waals surface area contributed by atoms with E-state index in [1.54, 1.807) is 12.1 Å². The van der Waals surface area contributed by atoms with E-state index < -0.39 is 0 Å². The van der Waals surface area contributed by atoms with E-state index in [-0.39, 0.29) is 5.82 Å². The Kier molecular flexibility index (Phi) is 4.02. The molecule has 1 atom stereocenters. The molecule has 0 saturated carbocycles. The van der Waals surface area contributed by atoms with Crippen LogP contribution in [0.3, 0.4) is 0 Å². The molecule has 19 heavy (non-hydrogen) atoms. The van der Waals surface area contributed by atoms with Crippen LogP contribution in [0.5, 0.6) is 0 Å². The van der Waals surface area contributed by atoms with E-state index in [1.165, 1.54) is 50.9 Å². The molecule has 0 aromatic heterocycles. The average Bonchev–Trinajstić information content (AvgIpc) is 2.85. The Morgan fingerprint density at radius 1 is 0.842 bits per heavy atom. The smallest absolute Gasteiger partial charge is 0.123 e. The van der Waals surface area contributed by atoms with Gasteiger partial charge in [-0.1, -0.05) is 0 Å². The molecule has 1 aromatic rings. The van der Waals surface area contributed by atoms with Crippen LogP contribution < -0.4 is 4.90 Å². The summed E-state index contributed by atoms with van der Waals surface area (Å²) in [6.45, 7) is 4.80. The van der Waals surface area contributed by atoms with Crippen molar-refractivity contribution in [2.24, 2.45) is 0 Å². The van der Waals surface area contributed by atoms with E-state index >= 15 is 0 Å². The van der Waals surface area contributed by atoms with E-state index in [0.29, 0.717) is 0 Å². The molecule has 0 aliphatic carbocycles. The minimum Gasteiger partial charge on any atom is -0.371 e. The van der Waals surface area contributed by atoms with Crippen LogP contribution in [0, 0.1) is 5.82 Å². The molecule has 2 nitrogen and oxygen atoms in total. The van der Waals surface area contributed by atoms with Crippen molar-refractivity contribution in [3.05, 3.63) is 30.1 Å². The van der Waals surface area contributed by atoms with Crippen molar-refractivity contribution in [2.45, 2.75) is 38.1 Å². The Bertz CT molecular complexity index is 398. The van der Waals surface area contributed by atoms with Crippen molar-refractivity contribution in [2.75, 3.05) is 31.1 Å². The molecule has 2 heterocycles. The lowest BCUT2D eigenvalue weighted by atomic mass is 10.1. The molecule has 2 fully saturated rings. The third-order valence-corrected chi connectivity index (χ3v) is 4.55. The highest BCUT2D eigenvalue weighted by molar-refractivity contribution is 5.46. The van der Waals surface area contributed by atoms with Gasteiger partial charge < -0.3 is 9.80 Å². The topological polar surface area (TPSA) is 6.48 Å². The maximum Gasteiger partial charge on any atom is 0.123 e. The molecule has 3 rings (SSSR count). The predicted molar refractivity (Wildman–Crippen MR) is 77.1 cm³/mol. The summed E-state index contributed by atoms with van der Waals surface area (Å²) in [4.78, 5) is 5.09. The number of benzene rings is 1. The van der Waals surface area contributed by atoms with Gasteiger partial charge in [0, 0.05) is 24.8 Å². The lowest BCUT2D eigenvalue weighted by Crippen LogP contribution is -2.33. The Morgan fingerprint density at radius 3 is 2.32 bits per heavy atom. The summed E-state index contributed by atoms with van der Waals surface area (Å²) in [6.07, 6.45) is 6.56. The summed E-state index contributed by atoms with van der Waals surface area (Å²) < 4.78 is 13.0. The second kappa shape index (κ2) is 5.91. The van der Waals surface area contributed by atoms with Gasteiger partial charge in [-0.3, -0.25) is 0 Å². The zero-order chi connectivity index (χ0) is 13.1. The van der Waals surface area contributed by atoms with Crippen LogP contribution in [0.2, 0.25) is 0 Å². The van der Waals surface area contributed by atoms with Crippen molar-refractivity contribution in [1.82, 2.24) is 4.90 Å². The SMILES string of the molecule is Fc1ccc(N2CCCC(N3CCCC3)CC2)cc1. The summed E-state index contributed by atoms with van der Waals surface area (Å²) in [6, 6.07) is 7.72. The van der Waals surface area contributed by atoms with E-state index in [1.807, 2.05) is 12.1 Å². The molecule has 1 aromatic carbocycles. The average molecular weight is 262 g/mol. The lowest BCUT2D eigenvalue weighted by molar-refractivity contribution is 0.225. The van der Waals surface area contributed by atoms with Crippen molar-refractivity contribution in [3.8, 4) is 0 Å². The number of hydrogen-bond acceptors (Lipinski definition) is 2. The monoisotopic (exact) mass is 262 g/mol. The second-order valence-electron chi connectivity index (χ2n) is 5.79. The minimum atomic E-state index is -0.145. The maximum atomic E-state index is 13.0. The fourth-order valence-corrected chi connectivity index (χ4v) is 3.46. The van der Waals surface area contributed by atoms with Gasteiger partial charge in [0.05, 0.1) is 0 Å². The molecule has 0 radical (unpaired) electrons. The first kappa shape index (κ1) is 12.9. The molecule has 1 unspecified atom stereocenters. The summed E-state index contributed by atoms with van der Waals surface area (Å²) in [7, 11) is 0. The number of nitrogens with zero attached hydrogens (tertiary/aromatic N) is 2. The highest BCUT2D eigenvalue weighted by Gasteiger charge is 2.24. The van der Waals surface area contributed by atoms with Gasteiger partial charge in [0.1, 0.15) is 5.82 Å². The van der Waals surface area contributed by atoms with Crippen LogP contribution in [-0.2, 0) is 0 Å². The quantitative estimate of drug-likeness (QED) is 0.807. The first-order valence-corrected chi connectivity index (χ1v) is 7.57. The summed E-state index contributed by atoms with van der Waals surface area (Å²) in [5, 5.41) is 0. The lowest BCUT2D eigenvalue weighted by Gasteiger charge is -2.27. The number of halogens is 1. The highest BCUT2D eigenvalue weighted by Crippen LogP contribution is 2.24. The van der Waals surface area contributed by atoms with Crippen molar-refractivity contribution in [1.29, 1.82) is 0 Å². The second-order valence-corrected chi connectivity index (χ2v) is 5.79. The van der Waals surface area contributed by atoms with Gasteiger partial charge in [-0.15, -0.1) is 0 Å². The minimum absolute atomic E-state index is 0.145. The Balaban J connectivity index is 1.62. The van der Waals surface area contributed by atoms with E-state index in [0.717, 1.165) is 19.1 Å². The molecule has 2 aliphatic heterocycles. The summed E-state index contributed by atoms with van der Waals surface area (Å²) in [5.74, 6) is -0.145.